The fourth-order valence-electron chi connectivity index (χ4n) is 4.51. The number of hydrogen-bond donors (Lipinski definition) is 1. The van der Waals surface area contributed by atoms with Gasteiger partial charge in [0.1, 0.15) is 0 Å². The van der Waals surface area contributed by atoms with Crippen LogP contribution in [0, 0.1) is 0 Å². The van der Waals surface area contributed by atoms with Gasteiger partial charge in [-0.2, -0.15) is 0 Å². The second kappa shape index (κ2) is 6.93. The molecule has 2 bridgehead atoms. The highest BCUT2D eigenvalue weighted by atomic mass is 15.3. The number of nitrogens with one attached hydrogen (secondary N) is 1. The van der Waals surface area contributed by atoms with Gasteiger partial charge in [0, 0.05) is 24.2 Å². The molecule has 2 aliphatic rings. The predicted molar refractivity (Wildman–Crippen MR) is 89.6 cm³/mol. The number of hydrogen-bond acceptors (Lipinski definition) is 2. The minimum atomic E-state index is 0.678. The van der Waals surface area contributed by atoms with E-state index in [2.05, 4.69) is 54.4 Å². The molecule has 0 amide bonds. The summed E-state index contributed by atoms with van der Waals surface area (Å²) < 4.78 is 0. The van der Waals surface area contributed by atoms with Crippen LogP contribution in [0.1, 0.15) is 51.5 Å². The molecule has 0 spiro atoms. The van der Waals surface area contributed by atoms with Crippen LogP contribution >= 0.6 is 0 Å². The first-order valence-electron chi connectivity index (χ1n) is 8.82. The Balaban J connectivity index is 1.59. The van der Waals surface area contributed by atoms with Gasteiger partial charge in [-0.25, -0.2) is 0 Å². The van der Waals surface area contributed by atoms with Crippen molar-refractivity contribution in [2.45, 2.75) is 76.5 Å². The van der Waals surface area contributed by atoms with Crippen molar-refractivity contribution in [1.82, 2.24) is 10.2 Å². The number of piperidine rings is 1. The van der Waals surface area contributed by atoms with Gasteiger partial charge in [-0.05, 0) is 57.6 Å². The van der Waals surface area contributed by atoms with Crippen LogP contribution < -0.4 is 5.32 Å². The van der Waals surface area contributed by atoms with E-state index in [4.69, 9.17) is 0 Å². The van der Waals surface area contributed by atoms with Gasteiger partial charge in [0.2, 0.25) is 0 Å². The maximum Gasteiger partial charge on any atom is 0.0116 e. The molecule has 3 atom stereocenters. The first kappa shape index (κ1) is 15.1. The fourth-order valence-corrected chi connectivity index (χ4v) is 4.51. The summed E-state index contributed by atoms with van der Waals surface area (Å²) in [5.41, 5.74) is 1.48. The van der Waals surface area contributed by atoms with Gasteiger partial charge in [0.05, 0.1) is 0 Å². The standard InChI is InChI=1S/C19H30N2/c1-3-11-20-17-13-18-9-10-19(14-17)21(18)15(2)12-16-7-5-4-6-8-16/h4-8,15,17-20H,3,9-14H2,1-2H3. The van der Waals surface area contributed by atoms with Crippen molar-refractivity contribution >= 4 is 0 Å². The monoisotopic (exact) mass is 286 g/mol. The zero-order chi connectivity index (χ0) is 14.7. The molecule has 0 aromatic heterocycles. The average molecular weight is 286 g/mol. The van der Waals surface area contributed by atoms with E-state index < -0.39 is 0 Å². The van der Waals surface area contributed by atoms with Gasteiger partial charge >= 0.3 is 0 Å². The van der Waals surface area contributed by atoms with Crippen LogP contribution in [0.15, 0.2) is 30.3 Å². The lowest BCUT2D eigenvalue weighted by Crippen LogP contribution is -2.52. The lowest BCUT2D eigenvalue weighted by molar-refractivity contribution is 0.0774. The topological polar surface area (TPSA) is 15.3 Å². The van der Waals surface area contributed by atoms with Crippen molar-refractivity contribution < 1.29 is 0 Å². The molecule has 2 nitrogen and oxygen atoms in total. The van der Waals surface area contributed by atoms with Gasteiger partial charge < -0.3 is 5.32 Å². The molecule has 1 N–H and O–H groups in total. The van der Waals surface area contributed by atoms with E-state index >= 15 is 0 Å². The number of benzene rings is 1. The van der Waals surface area contributed by atoms with E-state index in [1.165, 1.54) is 50.6 Å². The van der Waals surface area contributed by atoms with E-state index in [9.17, 15) is 0 Å². The zero-order valence-electron chi connectivity index (χ0n) is 13.6. The molecule has 1 aromatic carbocycles. The van der Waals surface area contributed by atoms with Crippen molar-refractivity contribution in [3.05, 3.63) is 35.9 Å². The van der Waals surface area contributed by atoms with E-state index in [1.54, 1.807) is 0 Å². The van der Waals surface area contributed by atoms with Crippen molar-refractivity contribution in [3.63, 3.8) is 0 Å². The quantitative estimate of drug-likeness (QED) is 0.859. The number of fused-ring (bicyclic) bond motifs is 2. The maximum atomic E-state index is 3.75. The Labute approximate surface area is 129 Å². The first-order chi connectivity index (χ1) is 10.3. The zero-order valence-corrected chi connectivity index (χ0v) is 13.6. The van der Waals surface area contributed by atoms with Gasteiger partial charge in [0.25, 0.3) is 0 Å². The summed E-state index contributed by atoms with van der Waals surface area (Å²) in [6, 6.07) is 14.1. The largest absolute Gasteiger partial charge is 0.314 e. The molecule has 3 unspecified atom stereocenters. The minimum Gasteiger partial charge on any atom is -0.314 e. The summed E-state index contributed by atoms with van der Waals surface area (Å²) in [5.74, 6) is 0. The first-order valence-corrected chi connectivity index (χ1v) is 8.82. The Bertz CT molecular complexity index is 416. The lowest BCUT2D eigenvalue weighted by atomic mass is 9.94. The summed E-state index contributed by atoms with van der Waals surface area (Å²) >= 11 is 0. The summed E-state index contributed by atoms with van der Waals surface area (Å²) in [7, 11) is 0. The highest BCUT2D eigenvalue weighted by Crippen LogP contribution is 2.37. The molecular formula is C19H30N2. The molecule has 2 fully saturated rings. The summed E-state index contributed by atoms with van der Waals surface area (Å²) in [4.78, 5) is 2.84. The number of rotatable bonds is 6. The predicted octanol–water partition coefficient (Wildman–Crippen LogP) is 3.61. The minimum absolute atomic E-state index is 0.678. The molecular weight excluding hydrogens is 256 g/mol. The molecule has 0 aliphatic carbocycles. The second-order valence-corrected chi connectivity index (χ2v) is 6.99. The van der Waals surface area contributed by atoms with E-state index in [-0.39, 0.29) is 0 Å². The smallest absolute Gasteiger partial charge is 0.0116 e. The van der Waals surface area contributed by atoms with Crippen LogP contribution in [0.2, 0.25) is 0 Å². The molecule has 2 heterocycles. The number of nitrogens with zero attached hydrogens (tertiary/aromatic N) is 1. The van der Waals surface area contributed by atoms with Crippen LogP contribution in [-0.4, -0.2) is 35.6 Å². The van der Waals surface area contributed by atoms with E-state index in [1.807, 2.05) is 0 Å². The molecule has 3 rings (SSSR count). The molecule has 116 valence electrons. The van der Waals surface area contributed by atoms with Crippen LogP contribution in [0.25, 0.3) is 0 Å². The Morgan fingerprint density at radius 2 is 1.81 bits per heavy atom. The van der Waals surface area contributed by atoms with E-state index in [0.717, 1.165) is 18.1 Å². The Morgan fingerprint density at radius 1 is 1.14 bits per heavy atom. The Kier molecular flexibility index (Phi) is 4.97. The van der Waals surface area contributed by atoms with Gasteiger partial charge in [-0.3, -0.25) is 4.90 Å². The van der Waals surface area contributed by atoms with Crippen molar-refractivity contribution in [2.24, 2.45) is 0 Å². The van der Waals surface area contributed by atoms with Gasteiger partial charge in [-0.1, -0.05) is 37.3 Å². The average Bonchev–Trinajstić information content (AvgIpc) is 2.77. The molecule has 1 aromatic rings. The molecule has 2 aliphatic heterocycles. The highest BCUT2D eigenvalue weighted by molar-refractivity contribution is 5.16. The van der Waals surface area contributed by atoms with E-state index in [0.29, 0.717) is 6.04 Å². The lowest BCUT2D eigenvalue weighted by Gasteiger charge is -2.43. The van der Waals surface area contributed by atoms with Crippen LogP contribution in [-0.2, 0) is 6.42 Å². The highest BCUT2D eigenvalue weighted by Gasteiger charge is 2.42. The van der Waals surface area contributed by atoms with Crippen LogP contribution in [0.3, 0.4) is 0 Å². The maximum absolute atomic E-state index is 3.75. The van der Waals surface area contributed by atoms with Gasteiger partial charge in [-0.15, -0.1) is 0 Å². The van der Waals surface area contributed by atoms with Gasteiger partial charge in [0.15, 0.2) is 0 Å². The molecule has 2 heteroatoms. The third-order valence-corrected chi connectivity index (χ3v) is 5.36. The molecule has 0 radical (unpaired) electrons. The molecule has 0 saturated carbocycles. The summed E-state index contributed by atoms with van der Waals surface area (Å²) in [6.07, 6.45) is 7.98. The third kappa shape index (κ3) is 3.49. The Hall–Kier alpha value is -0.860. The molecule has 2 saturated heterocycles. The van der Waals surface area contributed by atoms with Crippen LogP contribution in [0.4, 0.5) is 0 Å². The van der Waals surface area contributed by atoms with Crippen LogP contribution in [0.5, 0.6) is 0 Å². The normalized spacial score (nSPS) is 30.5. The van der Waals surface area contributed by atoms with Crippen molar-refractivity contribution in [2.75, 3.05) is 6.54 Å². The fraction of sp³-hybridized carbons (Fsp3) is 0.684. The van der Waals surface area contributed by atoms with Crippen molar-refractivity contribution in [3.8, 4) is 0 Å². The summed E-state index contributed by atoms with van der Waals surface area (Å²) in [6.45, 7) is 5.88. The SMILES string of the molecule is CCCNC1CC2CCC(C1)N2C(C)Cc1ccccc1. The Morgan fingerprint density at radius 3 is 2.43 bits per heavy atom. The second-order valence-electron chi connectivity index (χ2n) is 6.99. The summed E-state index contributed by atoms with van der Waals surface area (Å²) in [5, 5.41) is 3.75. The third-order valence-electron chi connectivity index (χ3n) is 5.36. The van der Waals surface area contributed by atoms with Crippen molar-refractivity contribution in [1.29, 1.82) is 0 Å². The molecule has 21 heavy (non-hydrogen) atoms.